The number of carbonyl (C=O) groups is 1. The maximum absolute atomic E-state index is 12.0. The molecule has 0 aromatic heterocycles. The Labute approximate surface area is 160 Å². The van der Waals surface area contributed by atoms with Crippen molar-refractivity contribution in [3.63, 3.8) is 0 Å². The molecule has 0 amide bonds. The third-order valence-corrected chi connectivity index (χ3v) is 5.54. The SMILES string of the molecule is COc1cc2c(cc1OC)C(c1ccccc1)N(C1=CC(=O)CCC1)CC2. The topological polar surface area (TPSA) is 38.8 Å². The molecule has 0 saturated carbocycles. The van der Waals surface area contributed by atoms with Crippen LogP contribution in [0.2, 0.25) is 0 Å². The second kappa shape index (κ2) is 7.47. The van der Waals surface area contributed by atoms with Gasteiger partial charge in [0.25, 0.3) is 0 Å². The van der Waals surface area contributed by atoms with Crippen molar-refractivity contribution in [3.05, 3.63) is 70.9 Å². The van der Waals surface area contributed by atoms with Crippen molar-refractivity contribution in [1.82, 2.24) is 4.90 Å². The van der Waals surface area contributed by atoms with Crippen LogP contribution in [0.5, 0.6) is 11.5 Å². The van der Waals surface area contributed by atoms with Crippen LogP contribution in [-0.4, -0.2) is 31.4 Å². The summed E-state index contributed by atoms with van der Waals surface area (Å²) in [6.07, 6.45) is 5.32. The molecule has 2 aliphatic rings. The van der Waals surface area contributed by atoms with Crippen molar-refractivity contribution in [3.8, 4) is 11.5 Å². The maximum atomic E-state index is 12.0. The molecule has 4 rings (SSSR count). The molecule has 140 valence electrons. The smallest absolute Gasteiger partial charge is 0.161 e. The quantitative estimate of drug-likeness (QED) is 0.812. The van der Waals surface area contributed by atoms with Gasteiger partial charge in [-0.2, -0.15) is 0 Å². The molecule has 0 bridgehead atoms. The standard InChI is InChI=1S/C23H25NO3/c1-26-21-13-17-11-12-24(18-9-6-10-19(25)14-18)23(16-7-4-3-5-8-16)20(17)15-22(21)27-2/h3-5,7-8,13-15,23H,6,9-12H2,1-2H3. The van der Waals surface area contributed by atoms with E-state index in [1.54, 1.807) is 14.2 Å². The Kier molecular flexibility index (Phi) is 4.88. The fourth-order valence-electron chi connectivity index (χ4n) is 4.25. The minimum Gasteiger partial charge on any atom is -0.493 e. The number of hydrogen-bond donors (Lipinski definition) is 0. The van der Waals surface area contributed by atoms with E-state index in [9.17, 15) is 4.79 Å². The third kappa shape index (κ3) is 3.32. The summed E-state index contributed by atoms with van der Waals surface area (Å²) < 4.78 is 11.1. The Bertz CT molecular complexity index is 873. The van der Waals surface area contributed by atoms with Gasteiger partial charge >= 0.3 is 0 Å². The zero-order valence-corrected chi connectivity index (χ0v) is 15.9. The highest BCUT2D eigenvalue weighted by Gasteiger charge is 2.32. The van der Waals surface area contributed by atoms with Gasteiger partial charge < -0.3 is 14.4 Å². The summed E-state index contributed by atoms with van der Waals surface area (Å²) in [6.45, 7) is 0.890. The van der Waals surface area contributed by atoms with E-state index >= 15 is 0 Å². The summed E-state index contributed by atoms with van der Waals surface area (Å²) in [5.41, 5.74) is 4.88. The number of rotatable bonds is 4. The van der Waals surface area contributed by atoms with Gasteiger partial charge in [0.2, 0.25) is 0 Å². The van der Waals surface area contributed by atoms with Gasteiger partial charge in [0, 0.05) is 24.7 Å². The van der Waals surface area contributed by atoms with Crippen LogP contribution in [0, 0.1) is 0 Å². The van der Waals surface area contributed by atoms with Crippen LogP contribution in [0.25, 0.3) is 0 Å². The largest absolute Gasteiger partial charge is 0.493 e. The first kappa shape index (κ1) is 17.7. The number of fused-ring (bicyclic) bond motifs is 1. The van der Waals surface area contributed by atoms with Crippen LogP contribution in [0.1, 0.15) is 42.0 Å². The molecule has 1 aliphatic heterocycles. The van der Waals surface area contributed by atoms with Crippen LogP contribution in [0.4, 0.5) is 0 Å². The monoisotopic (exact) mass is 363 g/mol. The lowest BCUT2D eigenvalue weighted by Crippen LogP contribution is -2.36. The molecule has 0 spiro atoms. The highest BCUT2D eigenvalue weighted by atomic mass is 16.5. The lowest BCUT2D eigenvalue weighted by Gasteiger charge is -2.41. The second-order valence-corrected chi connectivity index (χ2v) is 7.12. The molecule has 1 heterocycles. The molecule has 0 fully saturated rings. The number of nitrogens with zero attached hydrogens (tertiary/aromatic N) is 1. The average molecular weight is 363 g/mol. The van der Waals surface area contributed by atoms with Gasteiger partial charge in [-0.1, -0.05) is 30.3 Å². The third-order valence-electron chi connectivity index (χ3n) is 5.54. The molecule has 0 saturated heterocycles. The van der Waals surface area contributed by atoms with Gasteiger partial charge in [-0.05, 0) is 48.1 Å². The van der Waals surface area contributed by atoms with Crippen molar-refractivity contribution in [2.45, 2.75) is 31.7 Å². The zero-order chi connectivity index (χ0) is 18.8. The van der Waals surface area contributed by atoms with E-state index < -0.39 is 0 Å². The molecule has 2 aromatic rings. The van der Waals surface area contributed by atoms with Crippen molar-refractivity contribution >= 4 is 5.78 Å². The molecular weight excluding hydrogens is 338 g/mol. The summed E-state index contributed by atoms with van der Waals surface area (Å²) >= 11 is 0. The predicted molar refractivity (Wildman–Crippen MR) is 105 cm³/mol. The average Bonchev–Trinajstić information content (AvgIpc) is 2.72. The molecule has 4 heteroatoms. The molecular formula is C23H25NO3. The van der Waals surface area contributed by atoms with Crippen LogP contribution in [0.3, 0.4) is 0 Å². The Morgan fingerprint density at radius 2 is 1.70 bits per heavy atom. The number of benzene rings is 2. The Balaban J connectivity index is 1.85. The molecule has 0 radical (unpaired) electrons. The van der Waals surface area contributed by atoms with Crippen LogP contribution in [-0.2, 0) is 11.2 Å². The highest BCUT2D eigenvalue weighted by Crippen LogP contribution is 2.43. The van der Waals surface area contributed by atoms with E-state index in [1.165, 1.54) is 16.7 Å². The second-order valence-electron chi connectivity index (χ2n) is 7.12. The number of carbonyl (C=O) groups excluding carboxylic acids is 1. The van der Waals surface area contributed by atoms with Gasteiger partial charge in [0.15, 0.2) is 17.3 Å². The van der Waals surface area contributed by atoms with Crippen molar-refractivity contribution < 1.29 is 14.3 Å². The van der Waals surface area contributed by atoms with E-state index in [0.717, 1.165) is 43.0 Å². The summed E-state index contributed by atoms with van der Waals surface area (Å²) in [5.74, 6) is 1.75. The van der Waals surface area contributed by atoms with E-state index in [4.69, 9.17) is 9.47 Å². The lowest BCUT2D eigenvalue weighted by atomic mass is 9.86. The van der Waals surface area contributed by atoms with Crippen LogP contribution in [0.15, 0.2) is 54.2 Å². The predicted octanol–water partition coefficient (Wildman–Crippen LogP) is 4.29. The minimum absolute atomic E-state index is 0.0758. The number of methoxy groups -OCH3 is 2. The number of ether oxygens (including phenoxy) is 2. The first-order chi connectivity index (χ1) is 13.2. The lowest BCUT2D eigenvalue weighted by molar-refractivity contribution is -0.115. The van der Waals surface area contributed by atoms with E-state index in [2.05, 4.69) is 41.3 Å². The Morgan fingerprint density at radius 1 is 0.963 bits per heavy atom. The van der Waals surface area contributed by atoms with Crippen molar-refractivity contribution in [2.75, 3.05) is 20.8 Å². The van der Waals surface area contributed by atoms with E-state index in [0.29, 0.717) is 6.42 Å². The van der Waals surface area contributed by atoms with Gasteiger partial charge in [-0.25, -0.2) is 0 Å². The molecule has 4 nitrogen and oxygen atoms in total. The van der Waals surface area contributed by atoms with Gasteiger partial charge in [0.1, 0.15) is 0 Å². The van der Waals surface area contributed by atoms with Gasteiger partial charge in [-0.3, -0.25) is 4.79 Å². The number of ketones is 1. The summed E-state index contributed by atoms with van der Waals surface area (Å²) in [5, 5.41) is 0. The highest BCUT2D eigenvalue weighted by molar-refractivity contribution is 5.91. The first-order valence-corrected chi connectivity index (χ1v) is 9.51. The van der Waals surface area contributed by atoms with E-state index in [1.807, 2.05) is 12.1 Å². The summed E-state index contributed by atoms with van der Waals surface area (Å²) in [6, 6.07) is 14.8. The van der Waals surface area contributed by atoms with Gasteiger partial charge in [-0.15, -0.1) is 0 Å². The molecule has 27 heavy (non-hydrogen) atoms. The fraction of sp³-hybridized carbons (Fsp3) is 0.348. The first-order valence-electron chi connectivity index (χ1n) is 9.51. The number of allylic oxidation sites excluding steroid dienone is 2. The molecule has 2 aromatic carbocycles. The van der Waals surface area contributed by atoms with E-state index in [-0.39, 0.29) is 11.8 Å². The zero-order valence-electron chi connectivity index (χ0n) is 15.9. The summed E-state index contributed by atoms with van der Waals surface area (Å²) in [7, 11) is 3.34. The molecule has 1 atom stereocenters. The maximum Gasteiger partial charge on any atom is 0.161 e. The minimum atomic E-state index is 0.0758. The van der Waals surface area contributed by atoms with Gasteiger partial charge in [0.05, 0.1) is 20.3 Å². The fourth-order valence-corrected chi connectivity index (χ4v) is 4.25. The molecule has 0 N–H and O–H groups in total. The van der Waals surface area contributed by atoms with Crippen LogP contribution < -0.4 is 9.47 Å². The molecule has 1 aliphatic carbocycles. The van der Waals surface area contributed by atoms with Crippen molar-refractivity contribution in [2.24, 2.45) is 0 Å². The summed E-state index contributed by atoms with van der Waals surface area (Å²) in [4.78, 5) is 14.5. The van der Waals surface area contributed by atoms with Crippen molar-refractivity contribution in [1.29, 1.82) is 0 Å². The Hall–Kier alpha value is -2.75. The Morgan fingerprint density at radius 3 is 2.41 bits per heavy atom. The van der Waals surface area contributed by atoms with Crippen LogP contribution >= 0.6 is 0 Å². The molecule has 1 unspecified atom stereocenters. The normalized spacial score (nSPS) is 19.3. The number of hydrogen-bond acceptors (Lipinski definition) is 4.